The summed E-state index contributed by atoms with van der Waals surface area (Å²) in [5.41, 5.74) is -1.20. The van der Waals surface area contributed by atoms with Crippen LogP contribution in [0.5, 0.6) is 0 Å². The molecule has 0 fully saturated rings. The van der Waals surface area contributed by atoms with Crippen LogP contribution in [-0.4, -0.2) is 20.9 Å². The first-order chi connectivity index (χ1) is 12.6. The van der Waals surface area contributed by atoms with Crippen molar-refractivity contribution < 1.29 is 23.1 Å². The summed E-state index contributed by atoms with van der Waals surface area (Å²) in [6.45, 7) is 1.49. The lowest BCUT2D eigenvalue weighted by atomic mass is 10.2. The zero-order chi connectivity index (χ0) is 19.9. The van der Waals surface area contributed by atoms with Gasteiger partial charge in [-0.3, -0.25) is 4.79 Å². The summed E-state index contributed by atoms with van der Waals surface area (Å²) in [6.07, 6.45) is -3.88. The van der Waals surface area contributed by atoms with Gasteiger partial charge in [0.15, 0.2) is 0 Å². The van der Waals surface area contributed by atoms with Gasteiger partial charge in [0.1, 0.15) is 15.7 Å². The third-order valence-corrected chi connectivity index (χ3v) is 6.10. The normalized spacial score (nSPS) is 11.9. The van der Waals surface area contributed by atoms with Crippen molar-refractivity contribution in [3.8, 4) is 0 Å². The van der Waals surface area contributed by atoms with Crippen molar-refractivity contribution in [2.75, 3.05) is 0 Å². The number of carbonyl (C=O) groups is 1. The molecule has 142 valence electrons. The number of pyridine rings is 1. The van der Waals surface area contributed by atoms with Crippen LogP contribution in [0.15, 0.2) is 22.1 Å². The van der Waals surface area contributed by atoms with Crippen molar-refractivity contribution in [3.63, 3.8) is 0 Å². The van der Waals surface area contributed by atoms with E-state index in [1.807, 2.05) is 0 Å². The first-order valence-corrected chi connectivity index (χ1v) is 9.35. The Balaban J connectivity index is 1.88. The molecular formula is C15H8ClF3N3O3S2-. The van der Waals surface area contributed by atoms with E-state index in [0.717, 1.165) is 29.2 Å². The number of H-pyrrole nitrogens is 1. The number of hydrogen-bond acceptors (Lipinski definition) is 7. The van der Waals surface area contributed by atoms with E-state index in [4.69, 9.17) is 11.6 Å². The highest BCUT2D eigenvalue weighted by Gasteiger charge is 2.31. The Morgan fingerprint density at radius 1 is 1.44 bits per heavy atom. The summed E-state index contributed by atoms with van der Waals surface area (Å²) in [7, 11) is 0. The number of thiophene rings is 1. The number of hydrogen-bond donors (Lipinski definition) is 1. The summed E-state index contributed by atoms with van der Waals surface area (Å²) in [6, 6.07) is 0.769. The Kier molecular flexibility index (Phi) is 5.19. The van der Waals surface area contributed by atoms with Crippen molar-refractivity contribution in [2.45, 2.75) is 23.9 Å². The van der Waals surface area contributed by atoms with Gasteiger partial charge in [0, 0.05) is 6.20 Å². The molecule has 0 aliphatic rings. The molecule has 1 N–H and O–H groups in total. The van der Waals surface area contributed by atoms with E-state index in [-0.39, 0.29) is 42.3 Å². The van der Waals surface area contributed by atoms with Crippen LogP contribution in [-0.2, 0) is 11.9 Å². The van der Waals surface area contributed by atoms with Gasteiger partial charge in [-0.2, -0.15) is 13.2 Å². The number of aryl methyl sites for hydroxylation is 1. The van der Waals surface area contributed by atoms with Gasteiger partial charge in [0.2, 0.25) is 0 Å². The summed E-state index contributed by atoms with van der Waals surface area (Å²) in [4.78, 5) is 33.9. The van der Waals surface area contributed by atoms with E-state index < -0.39 is 23.3 Å². The smallest absolute Gasteiger partial charge is 0.417 e. The van der Waals surface area contributed by atoms with Crippen molar-refractivity contribution in [1.82, 2.24) is 15.0 Å². The predicted molar refractivity (Wildman–Crippen MR) is 93.1 cm³/mol. The molecule has 0 atom stereocenters. The fourth-order valence-corrected chi connectivity index (χ4v) is 4.37. The van der Waals surface area contributed by atoms with Crippen LogP contribution in [0.1, 0.15) is 26.6 Å². The van der Waals surface area contributed by atoms with Gasteiger partial charge in [-0.05, 0) is 18.6 Å². The SMILES string of the molecule is Cc1c(C(=O)[O-])sc2nc(CSc3ncc(C(F)(F)F)cc3Cl)[nH]c(=O)c12. The fraction of sp³-hybridized carbons (Fsp3) is 0.200. The van der Waals surface area contributed by atoms with Crippen LogP contribution in [0.4, 0.5) is 13.2 Å². The number of aromatic carboxylic acids is 1. The van der Waals surface area contributed by atoms with Crippen LogP contribution in [0, 0.1) is 6.92 Å². The number of fused-ring (bicyclic) bond motifs is 1. The molecule has 0 aromatic carbocycles. The number of nitrogens with zero attached hydrogens (tertiary/aromatic N) is 2. The number of carbonyl (C=O) groups excluding carboxylic acids is 1. The highest BCUT2D eigenvalue weighted by atomic mass is 35.5. The van der Waals surface area contributed by atoms with Gasteiger partial charge >= 0.3 is 6.18 Å². The molecule has 0 bridgehead atoms. The highest BCUT2D eigenvalue weighted by Crippen LogP contribution is 2.34. The number of nitrogens with one attached hydrogen (secondary N) is 1. The molecule has 0 spiro atoms. The fourth-order valence-electron chi connectivity index (χ4n) is 2.27. The number of thioether (sulfide) groups is 1. The largest absolute Gasteiger partial charge is 0.544 e. The number of aromatic nitrogens is 3. The topological polar surface area (TPSA) is 98.8 Å². The molecular weight excluding hydrogens is 427 g/mol. The van der Waals surface area contributed by atoms with E-state index in [1.54, 1.807) is 0 Å². The van der Waals surface area contributed by atoms with E-state index in [2.05, 4.69) is 15.0 Å². The standard InChI is InChI=1S/C15H9ClF3N3O3S2/c1-5-9-11(23)21-8(22-13(9)27-10(5)14(24)25)4-26-12-7(16)2-6(3-20-12)15(17,18)19/h2-3H,4H2,1H3,(H,24,25)(H,21,22,23)/p-1. The molecule has 3 heterocycles. The van der Waals surface area contributed by atoms with Gasteiger partial charge in [0.05, 0.1) is 32.6 Å². The lowest BCUT2D eigenvalue weighted by Gasteiger charge is -2.08. The highest BCUT2D eigenvalue weighted by molar-refractivity contribution is 7.98. The molecule has 3 rings (SSSR count). The molecule has 6 nitrogen and oxygen atoms in total. The zero-order valence-electron chi connectivity index (χ0n) is 13.3. The lowest BCUT2D eigenvalue weighted by Crippen LogP contribution is -2.21. The van der Waals surface area contributed by atoms with E-state index in [9.17, 15) is 27.9 Å². The minimum absolute atomic E-state index is 0.0703. The summed E-state index contributed by atoms with van der Waals surface area (Å²) >= 11 is 7.65. The average molecular weight is 435 g/mol. The predicted octanol–water partition coefficient (Wildman–Crippen LogP) is 3.02. The Labute approximate surface area is 162 Å². The Bertz CT molecular complexity index is 1110. The molecule has 0 saturated carbocycles. The first-order valence-electron chi connectivity index (χ1n) is 7.17. The van der Waals surface area contributed by atoms with E-state index >= 15 is 0 Å². The maximum atomic E-state index is 12.6. The molecule has 0 aliphatic heterocycles. The summed E-state index contributed by atoms with van der Waals surface area (Å²) in [5, 5.41) is 11.2. The second-order valence-electron chi connectivity index (χ2n) is 5.33. The van der Waals surface area contributed by atoms with Crippen molar-refractivity contribution in [3.05, 3.63) is 49.5 Å². The van der Waals surface area contributed by atoms with Crippen LogP contribution >= 0.6 is 34.7 Å². The number of carboxylic acid groups (broad SMARTS) is 1. The maximum absolute atomic E-state index is 12.6. The Morgan fingerprint density at radius 2 is 2.15 bits per heavy atom. The van der Waals surface area contributed by atoms with Gasteiger partial charge in [0.25, 0.3) is 5.56 Å². The van der Waals surface area contributed by atoms with E-state index in [0.29, 0.717) is 6.20 Å². The quantitative estimate of drug-likeness (QED) is 0.634. The third kappa shape index (κ3) is 3.94. The summed E-state index contributed by atoms with van der Waals surface area (Å²) in [5.74, 6) is -1.12. The molecule has 3 aromatic heterocycles. The Morgan fingerprint density at radius 3 is 2.74 bits per heavy atom. The Hall–Kier alpha value is -2.11. The van der Waals surface area contributed by atoms with Gasteiger partial charge in [-0.25, -0.2) is 9.97 Å². The van der Waals surface area contributed by atoms with Gasteiger partial charge in [-0.15, -0.1) is 11.3 Å². The zero-order valence-corrected chi connectivity index (χ0v) is 15.7. The second-order valence-corrected chi connectivity index (χ2v) is 7.70. The molecule has 0 unspecified atom stereocenters. The molecule has 0 radical (unpaired) electrons. The van der Waals surface area contributed by atoms with Crippen molar-refractivity contribution >= 4 is 50.9 Å². The number of rotatable bonds is 4. The third-order valence-electron chi connectivity index (χ3n) is 3.52. The first kappa shape index (κ1) is 19.6. The van der Waals surface area contributed by atoms with Crippen LogP contribution in [0.25, 0.3) is 10.2 Å². The van der Waals surface area contributed by atoms with Crippen molar-refractivity contribution in [2.24, 2.45) is 0 Å². The average Bonchev–Trinajstić information content (AvgIpc) is 2.90. The second kappa shape index (κ2) is 7.13. The van der Waals surface area contributed by atoms with Crippen molar-refractivity contribution in [1.29, 1.82) is 0 Å². The molecule has 0 aliphatic carbocycles. The van der Waals surface area contributed by atoms with E-state index in [1.165, 1.54) is 6.92 Å². The lowest BCUT2D eigenvalue weighted by molar-refractivity contribution is -0.254. The summed E-state index contributed by atoms with van der Waals surface area (Å²) < 4.78 is 37.9. The number of carboxylic acids is 1. The van der Waals surface area contributed by atoms with Crippen LogP contribution < -0.4 is 10.7 Å². The molecule has 3 aromatic rings. The molecule has 0 saturated heterocycles. The minimum atomic E-state index is -4.55. The maximum Gasteiger partial charge on any atom is 0.417 e. The minimum Gasteiger partial charge on any atom is -0.544 e. The number of aromatic amines is 1. The van der Waals surface area contributed by atoms with Crippen LogP contribution in [0.2, 0.25) is 5.02 Å². The monoisotopic (exact) mass is 434 g/mol. The number of halogens is 4. The van der Waals surface area contributed by atoms with Gasteiger partial charge in [-0.1, -0.05) is 23.4 Å². The molecule has 0 amide bonds. The molecule has 27 heavy (non-hydrogen) atoms. The van der Waals surface area contributed by atoms with Gasteiger partial charge < -0.3 is 14.9 Å². The van der Waals surface area contributed by atoms with Crippen LogP contribution in [0.3, 0.4) is 0 Å². The number of alkyl halides is 3. The molecule has 12 heteroatoms.